The third-order valence-electron chi connectivity index (χ3n) is 7.31. The Balaban J connectivity index is 1.28. The highest BCUT2D eigenvalue weighted by molar-refractivity contribution is 6.04. The van der Waals surface area contributed by atoms with Crippen molar-refractivity contribution in [3.63, 3.8) is 0 Å². The molecule has 3 N–H and O–H groups in total. The molecule has 1 amide bonds. The number of nitrogens with two attached hydrogens (primary N) is 1. The minimum atomic E-state index is -0.459. The fraction of sp³-hybridized carbons (Fsp3) is 0.200. The number of nitrogen functional groups attached to an aromatic ring is 1. The Bertz CT molecular complexity index is 1670. The summed E-state index contributed by atoms with van der Waals surface area (Å²) >= 11 is 0. The molecule has 1 aliphatic rings. The molecule has 1 aliphatic carbocycles. The number of para-hydroxylation sites is 1. The van der Waals surface area contributed by atoms with Crippen LogP contribution in [0, 0.1) is 0 Å². The molecule has 0 spiro atoms. The van der Waals surface area contributed by atoms with Gasteiger partial charge in [0.25, 0.3) is 11.5 Å². The number of hydrogen-bond acceptors (Lipinski definition) is 5. The number of hydrogen-bond donors (Lipinski definition) is 2. The third kappa shape index (κ3) is 4.34. The lowest BCUT2D eigenvalue weighted by atomic mass is 9.87. The molecule has 0 bridgehead atoms. The molecule has 0 radical (unpaired) electrons. The van der Waals surface area contributed by atoms with Crippen molar-refractivity contribution in [2.24, 2.45) is 0 Å². The molecule has 0 unspecified atom stereocenters. The van der Waals surface area contributed by atoms with Crippen LogP contribution in [0.2, 0.25) is 0 Å². The van der Waals surface area contributed by atoms with Crippen LogP contribution in [0.4, 0.5) is 11.5 Å². The molecule has 1 saturated carbocycles. The van der Waals surface area contributed by atoms with E-state index in [0.29, 0.717) is 23.1 Å². The number of fused-ring (bicyclic) bond motifs is 1. The van der Waals surface area contributed by atoms with Crippen LogP contribution in [0.3, 0.4) is 0 Å². The second-order valence-electron chi connectivity index (χ2n) is 9.69. The van der Waals surface area contributed by atoms with Gasteiger partial charge in [-0.05, 0) is 60.9 Å². The smallest absolute Gasteiger partial charge is 0.267 e. The Kier molecular flexibility index (Phi) is 6.21. The fourth-order valence-electron chi connectivity index (χ4n) is 5.39. The summed E-state index contributed by atoms with van der Waals surface area (Å²) in [6.45, 7) is 0. The number of anilines is 2. The highest BCUT2D eigenvalue weighted by Gasteiger charge is 2.23. The van der Waals surface area contributed by atoms with Gasteiger partial charge in [-0.3, -0.25) is 14.2 Å². The van der Waals surface area contributed by atoms with Crippen LogP contribution in [0.25, 0.3) is 22.3 Å². The molecular weight excluding hydrogens is 476 g/mol. The van der Waals surface area contributed by atoms with Crippen molar-refractivity contribution in [3.8, 4) is 16.8 Å². The minimum absolute atomic E-state index is 0.0703. The lowest BCUT2D eigenvalue weighted by Gasteiger charge is -2.21. The lowest BCUT2D eigenvalue weighted by molar-refractivity contribution is 0.102. The standard InChI is InChI=1S/C30H28N6O2/c31-28-27-25(18-26(36(27)33-19-32-28)21-8-3-1-4-9-21)20-13-15-22(16-14-20)34-29(37)24-12-7-17-35(30(24)38)23-10-5-2-6-11-23/h2,5-7,10-19,21H,1,3-4,8-9H2,(H,34,37)(H2,31,32,33). The first-order chi connectivity index (χ1) is 18.6. The number of amides is 1. The van der Waals surface area contributed by atoms with Gasteiger partial charge >= 0.3 is 0 Å². The molecule has 0 atom stereocenters. The molecule has 6 rings (SSSR count). The van der Waals surface area contributed by atoms with Crippen molar-refractivity contribution < 1.29 is 4.79 Å². The summed E-state index contributed by atoms with van der Waals surface area (Å²) < 4.78 is 3.41. The predicted octanol–water partition coefficient (Wildman–Crippen LogP) is 5.43. The van der Waals surface area contributed by atoms with E-state index >= 15 is 0 Å². The zero-order chi connectivity index (χ0) is 26.1. The van der Waals surface area contributed by atoms with Gasteiger partial charge in [0.15, 0.2) is 5.82 Å². The third-order valence-corrected chi connectivity index (χ3v) is 7.31. The van der Waals surface area contributed by atoms with Gasteiger partial charge in [-0.1, -0.05) is 49.6 Å². The van der Waals surface area contributed by atoms with Crippen molar-refractivity contribution in [3.05, 3.63) is 107 Å². The maximum absolute atomic E-state index is 13.0. The van der Waals surface area contributed by atoms with E-state index in [-0.39, 0.29) is 11.1 Å². The highest BCUT2D eigenvalue weighted by atomic mass is 16.2. The van der Waals surface area contributed by atoms with E-state index in [1.54, 1.807) is 12.3 Å². The van der Waals surface area contributed by atoms with E-state index in [1.165, 1.54) is 41.9 Å². The number of carbonyl (C=O) groups is 1. The quantitative estimate of drug-likeness (QED) is 0.332. The van der Waals surface area contributed by atoms with Gasteiger partial charge in [-0.2, -0.15) is 5.10 Å². The predicted molar refractivity (Wildman–Crippen MR) is 149 cm³/mol. The number of nitrogens with zero attached hydrogens (tertiary/aromatic N) is 4. The Morgan fingerprint density at radius 1 is 0.947 bits per heavy atom. The summed E-state index contributed by atoms with van der Waals surface area (Å²) in [7, 11) is 0. The summed E-state index contributed by atoms with van der Waals surface area (Å²) in [6.07, 6.45) is 9.17. The Morgan fingerprint density at radius 3 is 2.47 bits per heavy atom. The molecule has 0 aliphatic heterocycles. The molecule has 0 saturated heterocycles. The fourth-order valence-corrected chi connectivity index (χ4v) is 5.39. The van der Waals surface area contributed by atoms with E-state index < -0.39 is 5.91 Å². The molecule has 5 aromatic rings. The first kappa shape index (κ1) is 23.7. The van der Waals surface area contributed by atoms with Gasteiger partial charge in [-0.25, -0.2) is 9.50 Å². The lowest BCUT2D eigenvalue weighted by Crippen LogP contribution is -2.27. The van der Waals surface area contributed by atoms with Crippen molar-refractivity contribution in [2.45, 2.75) is 38.0 Å². The number of nitrogens with one attached hydrogen (secondary N) is 1. The summed E-state index contributed by atoms with van der Waals surface area (Å²) in [4.78, 5) is 30.3. The minimum Gasteiger partial charge on any atom is -0.382 e. The Hall–Kier alpha value is -4.72. The maximum atomic E-state index is 13.0. The van der Waals surface area contributed by atoms with Crippen molar-refractivity contribution in [2.75, 3.05) is 11.1 Å². The average Bonchev–Trinajstić information content (AvgIpc) is 3.35. The number of carbonyl (C=O) groups excluding carboxylic acids is 1. The van der Waals surface area contributed by atoms with Gasteiger partial charge in [0.05, 0.1) is 0 Å². The normalized spacial score (nSPS) is 14.0. The maximum Gasteiger partial charge on any atom is 0.267 e. The van der Waals surface area contributed by atoms with Gasteiger partial charge in [0, 0.05) is 34.7 Å². The van der Waals surface area contributed by atoms with Crippen LogP contribution in [0.1, 0.15) is 54.1 Å². The topological polar surface area (TPSA) is 107 Å². The molecule has 1 fully saturated rings. The molecule has 8 heteroatoms. The monoisotopic (exact) mass is 504 g/mol. The largest absolute Gasteiger partial charge is 0.382 e. The number of benzene rings is 2. The van der Waals surface area contributed by atoms with Gasteiger partial charge in [0.2, 0.25) is 0 Å². The number of pyridine rings is 1. The molecule has 8 nitrogen and oxygen atoms in total. The van der Waals surface area contributed by atoms with Crippen LogP contribution < -0.4 is 16.6 Å². The second kappa shape index (κ2) is 9.97. The van der Waals surface area contributed by atoms with Crippen LogP contribution in [-0.4, -0.2) is 25.1 Å². The first-order valence-corrected chi connectivity index (χ1v) is 12.9. The van der Waals surface area contributed by atoms with E-state index in [9.17, 15) is 9.59 Å². The van der Waals surface area contributed by atoms with Gasteiger partial charge in [-0.15, -0.1) is 0 Å². The Morgan fingerprint density at radius 2 is 1.71 bits per heavy atom. The highest BCUT2D eigenvalue weighted by Crippen LogP contribution is 2.38. The van der Waals surface area contributed by atoms with Crippen LogP contribution in [0.5, 0.6) is 0 Å². The number of rotatable bonds is 5. The molecule has 3 heterocycles. The molecule has 38 heavy (non-hydrogen) atoms. The molecule has 2 aromatic carbocycles. The Labute approximate surface area is 219 Å². The van der Waals surface area contributed by atoms with Crippen LogP contribution in [0.15, 0.2) is 90.1 Å². The summed E-state index contributed by atoms with van der Waals surface area (Å²) in [6, 6.07) is 22.2. The first-order valence-electron chi connectivity index (χ1n) is 12.9. The molecular formula is C30H28N6O2. The van der Waals surface area contributed by atoms with E-state index in [0.717, 1.165) is 29.5 Å². The van der Waals surface area contributed by atoms with E-state index in [2.05, 4.69) is 21.5 Å². The van der Waals surface area contributed by atoms with Crippen molar-refractivity contribution in [1.82, 2.24) is 19.2 Å². The second-order valence-corrected chi connectivity index (χ2v) is 9.69. The van der Waals surface area contributed by atoms with Crippen LogP contribution >= 0.6 is 0 Å². The summed E-state index contributed by atoms with van der Waals surface area (Å²) in [5, 5.41) is 7.38. The van der Waals surface area contributed by atoms with E-state index in [1.807, 2.05) is 59.1 Å². The summed E-state index contributed by atoms with van der Waals surface area (Å²) in [5.74, 6) is 0.427. The van der Waals surface area contributed by atoms with Gasteiger partial charge in [0.1, 0.15) is 17.4 Å². The van der Waals surface area contributed by atoms with Gasteiger partial charge < -0.3 is 11.1 Å². The number of aromatic nitrogens is 4. The zero-order valence-electron chi connectivity index (χ0n) is 20.9. The van der Waals surface area contributed by atoms with Crippen molar-refractivity contribution >= 4 is 22.9 Å². The van der Waals surface area contributed by atoms with E-state index in [4.69, 9.17) is 5.73 Å². The zero-order valence-corrected chi connectivity index (χ0v) is 20.9. The molecule has 190 valence electrons. The van der Waals surface area contributed by atoms with Crippen LogP contribution in [-0.2, 0) is 0 Å². The average molecular weight is 505 g/mol. The van der Waals surface area contributed by atoms with Crippen molar-refractivity contribution in [1.29, 1.82) is 0 Å². The molecule has 3 aromatic heterocycles. The SMILES string of the molecule is Nc1ncnn2c(C3CCCCC3)cc(-c3ccc(NC(=O)c4cccn(-c5ccccc5)c4=O)cc3)c12. The summed E-state index contributed by atoms with van der Waals surface area (Å²) in [5.41, 5.74) is 11.2.